The maximum atomic E-state index is 12.1. The van der Waals surface area contributed by atoms with Gasteiger partial charge in [0, 0.05) is 13.1 Å². The summed E-state index contributed by atoms with van der Waals surface area (Å²) in [6, 6.07) is 0. The molecule has 1 aromatic heterocycles. The van der Waals surface area contributed by atoms with Gasteiger partial charge in [0.2, 0.25) is 0 Å². The van der Waals surface area contributed by atoms with Gasteiger partial charge in [-0.15, -0.1) is 15.3 Å². The highest BCUT2D eigenvalue weighted by atomic mass is 32.2. The Morgan fingerprint density at radius 3 is 2.21 bits per heavy atom. The minimum Gasteiger partial charge on any atom is -0.273 e. The third kappa shape index (κ3) is 2.75. The van der Waals surface area contributed by atoms with Gasteiger partial charge in [0.05, 0.1) is 30.7 Å². The predicted octanol–water partition coefficient (Wildman–Crippen LogP) is 0.00200. The van der Waals surface area contributed by atoms with Crippen molar-refractivity contribution in [2.75, 3.05) is 13.1 Å². The standard InChI is InChI=1S/C10H14N6O2S/c1-3-14-9(17)8(10(18)15(4-2)19-14)7-13-16-11-5-6-12-16/h5-8H,3-4H2,1-2H3. The van der Waals surface area contributed by atoms with Crippen LogP contribution in [0.5, 0.6) is 0 Å². The first-order valence-corrected chi connectivity index (χ1v) is 6.62. The van der Waals surface area contributed by atoms with Gasteiger partial charge in [-0.05, 0) is 13.8 Å². The molecule has 102 valence electrons. The normalized spacial score (nSPS) is 17.8. The third-order valence-corrected chi connectivity index (χ3v) is 3.79. The number of aromatic nitrogens is 3. The van der Waals surface area contributed by atoms with E-state index in [4.69, 9.17) is 0 Å². The van der Waals surface area contributed by atoms with Crippen LogP contribution in [0.4, 0.5) is 0 Å². The van der Waals surface area contributed by atoms with Crippen LogP contribution < -0.4 is 0 Å². The van der Waals surface area contributed by atoms with E-state index < -0.39 is 5.92 Å². The lowest BCUT2D eigenvalue weighted by Gasteiger charge is -2.34. The average Bonchev–Trinajstić information content (AvgIpc) is 2.92. The van der Waals surface area contributed by atoms with Gasteiger partial charge >= 0.3 is 0 Å². The van der Waals surface area contributed by atoms with Gasteiger partial charge in [-0.25, -0.2) is 0 Å². The summed E-state index contributed by atoms with van der Waals surface area (Å²) in [5.74, 6) is -1.44. The smallest absolute Gasteiger partial charge is 0.251 e. The molecule has 19 heavy (non-hydrogen) atoms. The molecule has 0 spiro atoms. The molecule has 0 N–H and O–H groups in total. The van der Waals surface area contributed by atoms with Crippen LogP contribution in [0.3, 0.4) is 0 Å². The molecular weight excluding hydrogens is 268 g/mol. The second-order valence-corrected chi connectivity index (χ2v) is 4.73. The summed E-state index contributed by atoms with van der Waals surface area (Å²) < 4.78 is 3.08. The highest BCUT2D eigenvalue weighted by molar-refractivity contribution is 7.95. The fraction of sp³-hybridized carbons (Fsp3) is 0.500. The van der Waals surface area contributed by atoms with Crippen molar-refractivity contribution in [2.24, 2.45) is 11.0 Å². The summed E-state index contributed by atoms with van der Waals surface area (Å²) in [4.78, 5) is 25.3. The van der Waals surface area contributed by atoms with Gasteiger partial charge in [0.25, 0.3) is 11.8 Å². The third-order valence-electron chi connectivity index (χ3n) is 2.52. The number of carbonyl (C=O) groups is 2. The fourth-order valence-corrected chi connectivity index (χ4v) is 2.42. The van der Waals surface area contributed by atoms with E-state index >= 15 is 0 Å². The minimum absolute atomic E-state index is 0.266. The molecule has 1 aromatic rings. The van der Waals surface area contributed by atoms with E-state index in [0.29, 0.717) is 13.1 Å². The summed E-state index contributed by atoms with van der Waals surface area (Å²) in [7, 11) is 0. The van der Waals surface area contributed by atoms with Gasteiger partial charge in [0.1, 0.15) is 0 Å². The molecular formula is C10H14N6O2S. The Bertz CT molecular complexity index is 466. The lowest BCUT2D eigenvalue weighted by atomic mass is 10.1. The zero-order valence-corrected chi connectivity index (χ0v) is 11.4. The van der Waals surface area contributed by atoms with Crippen LogP contribution in [0.15, 0.2) is 17.5 Å². The Balaban J connectivity index is 2.19. The van der Waals surface area contributed by atoms with Crippen LogP contribution in [0.1, 0.15) is 13.8 Å². The molecule has 1 saturated heterocycles. The monoisotopic (exact) mass is 282 g/mol. The largest absolute Gasteiger partial charge is 0.273 e. The van der Waals surface area contributed by atoms with Crippen molar-refractivity contribution in [3.63, 3.8) is 0 Å². The van der Waals surface area contributed by atoms with E-state index in [1.165, 1.54) is 27.2 Å². The molecule has 0 saturated carbocycles. The first-order chi connectivity index (χ1) is 9.17. The van der Waals surface area contributed by atoms with Crippen LogP contribution >= 0.6 is 12.1 Å². The van der Waals surface area contributed by atoms with Gasteiger partial charge in [-0.1, -0.05) is 4.91 Å². The molecule has 9 heteroatoms. The van der Waals surface area contributed by atoms with E-state index in [0.717, 1.165) is 17.0 Å². The maximum absolute atomic E-state index is 12.1. The molecule has 2 rings (SSSR count). The van der Waals surface area contributed by atoms with Gasteiger partial charge in [-0.3, -0.25) is 18.2 Å². The molecule has 8 nitrogen and oxygen atoms in total. The molecule has 0 radical (unpaired) electrons. The van der Waals surface area contributed by atoms with Gasteiger partial charge < -0.3 is 0 Å². The SMILES string of the molecule is CCN1SN(CC)C(=O)C(C=Nn2nccn2)C1=O. The zero-order chi connectivity index (χ0) is 13.8. The lowest BCUT2D eigenvalue weighted by Crippen LogP contribution is -2.49. The highest BCUT2D eigenvalue weighted by Gasteiger charge is 2.39. The maximum Gasteiger partial charge on any atom is 0.251 e. The lowest BCUT2D eigenvalue weighted by molar-refractivity contribution is -0.140. The molecule has 0 aromatic carbocycles. The molecule has 2 amide bonds. The minimum atomic E-state index is -0.910. The average molecular weight is 282 g/mol. The Morgan fingerprint density at radius 1 is 1.21 bits per heavy atom. The quantitative estimate of drug-likeness (QED) is 0.441. The number of carbonyl (C=O) groups excluding carboxylic acids is 2. The van der Waals surface area contributed by atoms with Crippen molar-refractivity contribution in [3.05, 3.63) is 12.4 Å². The molecule has 1 fully saturated rings. The first kappa shape index (κ1) is 13.5. The number of amides is 2. The van der Waals surface area contributed by atoms with Crippen LogP contribution in [-0.4, -0.2) is 54.8 Å². The van der Waals surface area contributed by atoms with E-state index in [1.807, 2.05) is 13.8 Å². The summed E-state index contributed by atoms with van der Waals surface area (Å²) in [6.45, 7) is 4.77. The highest BCUT2D eigenvalue weighted by Crippen LogP contribution is 2.26. The van der Waals surface area contributed by atoms with Crippen molar-refractivity contribution in [2.45, 2.75) is 13.8 Å². The molecule has 1 aliphatic rings. The Labute approximate surface area is 114 Å². The van der Waals surface area contributed by atoms with Gasteiger partial charge in [-0.2, -0.15) is 0 Å². The Morgan fingerprint density at radius 2 is 1.74 bits per heavy atom. The number of hydrogen-bond acceptors (Lipinski definition) is 6. The fourth-order valence-electron chi connectivity index (χ4n) is 1.56. The van der Waals surface area contributed by atoms with E-state index in [-0.39, 0.29) is 11.8 Å². The predicted molar refractivity (Wildman–Crippen MR) is 69.8 cm³/mol. The molecule has 0 aliphatic carbocycles. The second-order valence-electron chi connectivity index (χ2n) is 3.69. The Kier molecular flexibility index (Phi) is 4.15. The van der Waals surface area contributed by atoms with Crippen LogP contribution in [-0.2, 0) is 9.59 Å². The van der Waals surface area contributed by atoms with Gasteiger partial charge in [0.15, 0.2) is 5.92 Å². The van der Waals surface area contributed by atoms with Crippen LogP contribution in [0.25, 0.3) is 0 Å². The van der Waals surface area contributed by atoms with Crippen molar-refractivity contribution in [3.8, 4) is 0 Å². The van der Waals surface area contributed by atoms with Crippen molar-refractivity contribution >= 4 is 30.2 Å². The summed E-state index contributed by atoms with van der Waals surface area (Å²) in [5, 5.41) is 11.5. The molecule has 0 bridgehead atoms. The summed E-state index contributed by atoms with van der Waals surface area (Å²) >= 11 is 1.14. The topological polar surface area (TPSA) is 83.7 Å². The summed E-state index contributed by atoms with van der Waals surface area (Å²) in [6.07, 6.45) is 4.22. The van der Waals surface area contributed by atoms with E-state index in [1.54, 1.807) is 0 Å². The first-order valence-electron chi connectivity index (χ1n) is 5.89. The number of rotatable bonds is 4. The number of hydrogen-bond donors (Lipinski definition) is 0. The molecule has 0 atom stereocenters. The van der Waals surface area contributed by atoms with Crippen molar-refractivity contribution in [1.29, 1.82) is 0 Å². The Hall–Kier alpha value is -1.90. The molecule has 2 heterocycles. The number of nitrogens with zero attached hydrogens (tertiary/aromatic N) is 6. The van der Waals surface area contributed by atoms with E-state index in [2.05, 4.69) is 15.3 Å². The van der Waals surface area contributed by atoms with Crippen LogP contribution in [0, 0.1) is 5.92 Å². The van der Waals surface area contributed by atoms with Crippen LogP contribution in [0.2, 0.25) is 0 Å². The summed E-state index contributed by atoms with van der Waals surface area (Å²) in [5.41, 5.74) is 0. The molecule has 0 unspecified atom stereocenters. The zero-order valence-electron chi connectivity index (χ0n) is 10.6. The molecule has 1 aliphatic heterocycles. The van der Waals surface area contributed by atoms with Crippen molar-refractivity contribution < 1.29 is 9.59 Å². The van der Waals surface area contributed by atoms with E-state index in [9.17, 15) is 9.59 Å². The van der Waals surface area contributed by atoms with Crippen molar-refractivity contribution in [1.82, 2.24) is 23.7 Å². The second kappa shape index (κ2) is 5.83.